The van der Waals surface area contributed by atoms with Crippen molar-refractivity contribution in [2.24, 2.45) is 11.7 Å². The molecule has 1 fully saturated rings. The van der Waals surface area contributed by atoms with E-state index in [2.05, 4.69) is 35.1 Å². The standard InChI is InChI=1S/C27H36N6O2S/c1-18(2)26(34)33(27(28)29)15-16-36-21-8-6-7-19(17-21)24(35-20-11-13-32(3)14-12-20)25-30-22-9-4-5-10-23(22)31-25/h4-10,17-18,20,24H,11-16H2,1-3H3,(H3,28,29)(H,30,31). The van der Waals surface area contributed by atoms with Gasteiger partial charge in [0.05, 0.1) is 17.1 Å². The lowest BCUT2D eigenvalue weighted by Crippen LogP contribution is -2.44. The van der Waals surface area contributed by atoms with Crippen LogP contribution in [0, 0.1) is 11.3 Å². The van der Waals surface area contributed by atoms with Crippen molar-refractivity contribution in [3.8, 4) is 0 Å². The Balaban J connectivity index is 1.52. The van der Waals surface area contributed by atoms with Crippen molar-refractivity contribution in [2.75, 3.05) is 32.4 Å². The molecule has 2 heterocycles. The number of rotatable bonds is 9. The van der Waals surface area contributed by atoms with Crippen LogP contribution < -0.4 is 5.73 Å². The first-order chi connectivity index (χ1) is 17.3. The first kappa shape index (κ1) is 26.2. The zero-order valence-corrected chi connectivity index (χ0v) is 22.1. The number of amides is 1. The van der Waals surface area contributed by atoms with Crippen LogP contribution in [0.1, 0.15) is 44.2 Å². The number of para-hydroxylation sites is 2. The molecule has 0 saturated carbocycles. The second-order valence-corrected chi connectivity index (χ2v) is 10.8. The van der Waals surface area contributed by atoms with Crippen LogP contribution in [0.5, 0.6) is 0 Å². The number of nitrogens with zero attached hydrogens (tertiary/aromatic N) is 3. The molecule has 192 valence electrons. The average molecular weight is 509 g/mol. The molecule has 1 atom stereocenters. The number of ether oxygens (including phenoxy) is 1. The number of nitrogens with two attached hydrogens (primary N) is 1. The predicted molar refractivity (Wildman–Crippen MR) is 145 cm³/mol. The van der Waals surface area contributed by atoms with Crippen molar-refractivity contribution in [3.05, 3.63) is 59.9 Å². The Morgan fingerprint density at radius 1 is 1.25 bits per heavy atom. The van der Waals surface area contributed by atoms with Gasteiger partial charge in [0.1, 0.15) is 11.9 Å². The maximum atomic E-state index is 12.4. The Labute approximate surface area is 217 Å². The summed E-state index contributed by atoms with van der Waals surface area (Å²) < 4.78 is 6.70. The molecule has 3 aromatic rings. The highest BCUT2D eigenvalue weighted by molar-refractivity contribution is 7.99. The number of carbonyl (C=O) groups excluding carboxylic acids is 1. The number of guanidine groups is 1. The molecule has 1 aromatic heterocycles. The van der Waals surface area contributed by atoms with E-state index in [1.807, 2.05) is 44.2 Å². The molecule has 1 aliphatic rings. The molecule has 1 amide bonds. The largest absolute Gasteiger partial charge is 0.370 e. The molecule has 36 heavy (non-hydrogen) atoms. The number of benzene rings is 2. The third-order valence-corrected chi connectivity index (χ3v) is 7.42. The van der Waals surface area contributed by atoms with Crippen LogP contribution in [-0.4, -0.2) is 70.2 Å². The number of thioether (sulfide) groups is 1. The lowest BCUT2D eigenvalue weighted by Gasteiger charge is -2.31. The van der Waals surface area contributed by atoms with Gasteiger partial charge in [0, 0.05) is 36.2 Å². The van der Waals surface area contributed by atoms with Crippen molar-refractivity contribution in [3.63, 3.8) is 0 Å². The molecule has 4 N–H and O–H groups in total. The quantitative estimate of drug-likeness (QED) is 0.227. The Hall–Kier alpha value is -2.88. The van der Waals surface area contributed by atoms with E-state index in [1.165, 1.54) is 4.90 Å². The maximum absolute atomic E-state index is 12.4. The molecular formula is C27H36N6O2S. The fraction of sp³-hybridized carbons (Fsp3) is 0.444. The van der Waals surface area contributed by atoms with Crippen LogP contribution in [-0.2, 0) is 9.53 Å². The fourth-order valence-corrected chi connectivity index (χ4v) is 5.30. The zero-order valence-electron chi connectivity index (χ0n) is 21.2. The normalized spacial score (nSPS) is 15.9. The molecule has 0 spiro atoms. The molecule has 8 nitrogen and oxygen atoms in total. The van der Waals surface area contributed by atoms with Gasteiger partial charge in [-0.1, -0.05) is 38.1 Å². The summed E-state index contributed by atoms with van der Waals surface area (Å²) in [4.78, 5) is 25.5. The summed E-state index contributed by atoms with van der Waals surface area (Å²) in [7, 11) is 2.15. The van der Waals surface area contributed by atoms with Gasteiger partial charge in [0.2, 0.25) is 5.91 Å². The highest BCUT2D eigenvalue weighted by Crippen LogP contribution is 2.32. The zero-order chi connectivity index (χ0) is 25.7. The number of aromatic amines is 1. The first-order valence-corrected chi connectivity index (χ1v) is 13.5. The molecule has 1 aliphatic heterocycles. The van der Waals surface area contributed by atoms with E-state index in [-0.39, 0.29) is 30.0 Å². The van der Waals surface area contributed by atoms with Crippen molar-refractivity contribution in [2.45, 2.75) is 43.8 Å². The van der Waals surface area contributed by atoms with E-state index in [0.29, 0.717) is 12.3 Å². The Morgan fingerprint density at radius 3 is 2.69 bits per heavy atom. The van der Waals surface area contributed by atoms with Crippen molar-refractivity contribution in [1.29, 1.82) is 5.41 Å². The Kier molecular flexibility index (Phi) is 8.66. The number of nitrogens with one attached hydrogen (secondary N) is 2. The number of piperidine rings is 1. The van der Waals surface area contributed by atoms with Crippen molar-refractivity contribution in [1.82, 2.24) is 19.8 Å². The summed E-state index contributed by atoms with van der Waals surface area (Å²) in [6, 6.07) is 16.3. The average Bonchev–Trinajstić information content (AvgIpc) is 3.30. The summed E-state index contributed by atoms with van der Waals surface area (Å²) in [5.74, 6) is 0.894. The number of hydrogen-bond donors (Lipinski definition) is 3. The van der Waals surface area contributed by atoms with E-state index in [1.54, 1.807) is 11.8 Å². The highest BCUT2D eigenvalue weighted by Gasteiger charge is 2.26. The smallest absolute Gasteiger partial charge is 0.231 e. The number of aromatic nitrogens is 2. The summed E-state index contributed by atoms with van der Waals surface area (Å²) in [5, 5.41) is 7.77. The van der Waals surface area contributed by atoms with Gasteiger partial charge in [-0.25, -0.2) is 4.98 Å². The molecular weight excluding hydrogens is 472 g/mol. The summed E-state index contributed by atoms with van der Waals surface area (Å²) >= 11 is 1.63. The number of fused-ring (bicyclic) bond motifs is 1. The molecule has 9 heteroatoms. The number of hydrogen-bond acceptors (Lipinski definition) is 6. The van der Waals surface area contributed by atoms with Crippen LogP contribution >= 0.6 is 11.8 Å². The fourth-order valence-electron chi connectivity index (χ4n) is 4.39. The van der Waals surface area contributed by atoms with Gasteiger partial charge in [-0.3, -0.25) is 15.1 Å². The topological polar surface area (TPSA) is 111 Å². The van der Waals surface area contributed by atoms with Crippen LogP contribution in [0.15, 0.2) is 53.4 Å². The predicted octanol–water partition coefficient (Wildman–Crippen LogP) is 4.23. The van der Waals surface area contributed by atoms with Gasteiger partial charge >= 0.3 is 0 Å². The van der Waals surface area contributed by atoms with E-state index >= 15 is 0 Å². The van der Waals surface area contributed by atoms with Gasteiger partial charge in [-0.2, -0.15) is 0 Å². The van der Waals surface area contributed by atoms with Crippen LogP contribution in [0.4, 0.5) is 0 Å². The molecule has 0 radical (unpaired) electrons. The number of imidazole rings is 1. The third-order valence-electron chi connectivity index (χ3n) is 6.45. The van der Waals surface area contributed by atoms with Crippen molar-refractivity contribution < 1.29 is 9.53 Å². The highest BCUT2D eigenvalue weighted by atomic mass is 32.2. The Bertz CT molecular complexity index is 1150. The second-order valence-electron chi connectivity index (χ2n) is 9.61. The van der Waals surface area contributed by atoms with Gasteiger partial charge in [-0.15, -0.1) is 11.8 Å². The minimum absolute atomic E-state index is 0.131. The van der Waals surface area contributed by atoms with Gasteiger partial charge in [0.25, 0.3) is 0 Å². The summed E-state index contributed by atoms with van der Waals surface area (Å²) in [6.07, 6.45) is 1.85. The summed E-state index contributed by atoms with van der Waals surface area (Å²) in [6.45, 7) is 6.07. The lowest BCUT2D eigenvalue weighted by molar-refractivity contribution is -0.130. The lowest BCUT2D eigenvalue weighted by atomic mass is 10.1. The molecule has 4 rings (SSSR count). The maximum Gasteiger partial charge on any atom is 0.231 e. The first-order valence-electron chi connectivity index (χ1n) is 12.5. The number of H-pyrrole nitrogens is 1. The SMILES string of the molecule is CC(C)C(=O)N(CCSc1cccc(C(OC2CCN(C)CC2)c2nc3ccccc3[nH]2)c1)C(=N)N. The number of likely N-dealkylation sites (tertiary alicyclic amines) is 1. The molecule has 2 aromatic carbocycles. The minimum Gasteiger partial charge on any atom is -0.370 e. The van der Waals surface area contributed by atoms with E-state index in [4.69, 9.17) is 20.9 Å². The third kappa shape index (κ3) is 6.46. The van der Waals surface area contributed by atoms with Gasteiger partial charge in [-0.05, 0) is 49.7 Å². The van der Waals surface area contributed by atoms with Crippen molar-refractivity contribution >= 4 is 34.7 Å². The monoisotopic (exact) mass is 508 g/mol. The van der Waals surface area contributed by atoms with Crippen LogP contribution in [0.3, 0.4) is 0 Å². The summed E-state index contributed by atoms with van der Waals surface area (Å²) in [5.41, 5.74) is 8.62. The minimum atomic E-state index is -0.303. The van der Waals surface area contributed by atoms with E-state index in [0.717, 1.165) is 53.2 Å². The number of carbonyl (C=O) groups is 1. The van der Waals surface area contributed by atoms with Crippen LogP contribution in [0.2, 0.25) is 0 Å². The van der Waals surface area contributed by atoms with Crippen LogP contribution in [0.25, 0.3) is 11.0 Å². The second kappa shape index (κ2) is 11.9. The Morgan fingerprint density at radius 2 is 2.00 bits per heavy atom. The van der Waals surface area contributed by atoms with E-state index in [9.17, 15) is 4.79 Å². The molecule has 0 aliphatic carbocycles. The van der Waals surface area contributed by atoms with E-state index < -0.39 is 0 Å². The molecule has 1 unspecified atom stereocenters. The van der Waals surface area contributed by atoms with Gasteiger partial charge < -0.3 is 20.4 Å². The van der Waals surface area contributed by atoms with Gasteiger partial charge in [0.15, 0.2) is 5.96 Å². The molecule has 0 bridgehead atoms. The molecule has 1 saturated heterocycles.